The van der Waals surface area contributed by atoms with Gasteiger partial charge in [0.15, 0.2) is 0 Å². The van der Waals surface area contributed by atoms with Gasteiger partial charge in [0.25, 0.3) is 5.91 Å². The van der Waals surface area contributed by atoms with E-state index < -0.39 is 11.7 Å². The van der Waals surface area contributed by atoms with Crippen LogP contribution in [0.4, 0.5) is 10.5 Å². The lowest BCUT2D eigenvalue weighted by atomic mass is 10.1. The number of carbonyl (C=O) groups excluding carboxylic acids is 2. The molecule has 0 saturated heterocycles. The third-order valence-corrected chi connectivity index (χ3v) is 3.44. The molecule has 0 aliphatic rings. The first kappa shape index (κ1) is 18.5. The number of benzene rings is 2. The number of alkyl carbamates (subject to hydrolysis) is 1. The van der Waals surface area contributed by atoms with Crippen LogP contribution in [0.3, 0.4) is 0 Å². The van der Waals surface area contributed by atoms with Crippen LogP contribution in [0.25, 0.3) is 0 Å². The average molecular weight is 340 g/mol. The normalized spacial score (nSPS) is 12.2. The first-order chi connectivity index (χ1) is 11.7. The van der Waals surface area contributed by atoms with Gasteiger partial charge in [-0.2, -0.15) is 0 Å². The molecule has 2 aromatic carbocycles. The molecule has 2 amide bonds. The van der Waals surface area contributed by atoms with E-state index >= 15 is 0 Å². The van der Waals surface area contributed by atoms with Crippen molar-refractivity contribution in [3.05, 3.63) is 65.7 Å². The van der Waals surface area contributed by atoms with Gasteiger partial charge in [-0.3, -0.25) is 4.79 Å². The number of carbonyl (C=O) groups is 2. The fourth-order valence-electron chi connectivity index (χ4n) is 2.22. The Balaban J connectivity index is 1.97. The van der Waals surface area contributed by atoms with Crippen LogP contribution in [0.2, 0.25) is 0 Å². The lowest BCUT2D eigenvalue weighted by Gasteiger charge is -2.22. The van der Waals surface area contributed by atoms with Crippen LogP contribution in [0.15, 0.2) is 54.6 Å². The van der Waals surface area contributed by atoms with Crippen molar-refractivity contribution in [3.8, 4) is 0 Å². The Morgan fingerprint density at radius 2 is 1.56 bits per heavy atom. The molecule has 0 bridgehead atoms. The molecular formula is C20H24N2O3. The van der Waals surface area contributed by atoms with Crippen molar-refractivity contribution in [1.29, 1.82) is 0 Å². The molecule has 1 atom stereocenters. The Bertz CT molecular complexity index is 719. The Labute approximate surface area is 148 Å². The molecule has 0 radical (unpaired) electrons. The monoisotopic (exact) mass is 340 g/mol. The Kier molecular flexibility index (Phi) is 5.80. The number of hydrogen-bond acceptors (Lipinski definition) is 3. The Morgan fingerprint density at radius 1 is 0.960 bits per heavy atom. The minimum absolute atomic E-state index is 0.175. The fourth-order valence-corrected chi connectivity index (χ4v) is 2.22. The Hall–Kier alpha value is -2.82. The van der Waals surface area contributed by atoms with E-state index in [0.717, 1.165) is 11.3 Å². The van der Waals surface area contributed by atoms with Gasteiger partial charge >= 0.3 is 6.09 Å². The number of ether oxygens (including phenoxy) is 1. The van der Waals surface area contributed by atoms with E-state index in [1.54, 1.807) is 12.1 Å². The maximum absolute atomic E-state index is 12.2. The van der Waals surface area contributed by atoms with Crippen LogP contribution in [0, 0.1) is 0 Å². The summed E-state index contributed by atoms with van der Waals surface area (Å²) in [5.74, 6) is -0.175. The predicted octanol–water partition coefficient (Wildman–Crippen LogP) is 4.52. The summed E-state index contributed by atoms with van der Waals surface area (Å²) in [6.07, 6.45) is -0.467. The van der Waals surface area contributed by atoms with Crippen molar-refractivity contribution in [2.75, 3.05) is 5.32 Å². The number of nitrogens with one attached hydrogen (secondary N) is 2. The molecule has 0 aliphatic heterocycles. The number of rotatable bonds is 4. The van der Waals surface area contributed by atoms with Gasteiger partial charge in [0, 0.05) is 11.3 Å². The van der Waals surface area contributed by atoms with Gasteiger partial charge in [0.2, 0.25) is 0 Å². The molecule has 25 heavy (non-hydrogen) atoms. The summed E-state index contributed by atoms with van der Waals surface area (Å²) in [7, 11) is 0. The lowest BCUT2D eigenvalue weighted by molar-refractivity contribution is 0.0507. The second-order valence-corrected chi connectivity index (χ2v) is 6.81. The topological polar surface area (TPSA) is 67.4 Å². The highest BCUT2D eigenvalue weighted by atomic mass is 16.6. The minimum atomic E-state index is -0.539. The highest BCUT2D eigenvalue weighted by molar-refractivity contribution is 6.04. The summed E-state index contributed by atoms with van der Waals surface area (Å²) < 4.78 is 5.24. The van der Waals surface area contributed by atoms with Crippen LogP contribution in [0.1, 0.15) is 49.7 Å². The standard InChI is InChI=1S/C20H24N2O3/c1-14(21-19(24)25-20(2,3)4)15-10-12-16(13-11-15)18(23)22-17-8-6-5-7-9-17/h5-14H,1-4H3,(H,21,24)(H,22,23)/t14-/m0/s1. The molecule has 0 unspecified atom stereocenters. The van der Waals surface area contributed by atoms with Crippen molar-refractivity contribution >= 4 is 17.7 Å². The molecule has 0 aromatic heterocycles. The summed E-state index contributed by atoms with van der Waals surface area (Å²) in [5.41, 5.74) is 1.65. The molecule has 2 rings (SSSR count). The van der Waals surface area contributed by atoms with E-state index in [2.05, 4.69) is 10.6 Å². The first-order valence-electron chi connectivity index (χ1n) is 8.20. The third kappa shape index (κ3) is 5.95. The molecule has 0 aliphatic carbocycles. The van der Waals surface area contributed by atoms with Gasteiger partial charge in [-0.1, -0.05) is 30.3 Å². The zero-order chi connectivity index (χ0) is 18.4. The molecule has 2 aromatic rings. The summed E-state index contributed by atoms with van der Waals surface area (Å²) in [5, 5.41) is 5.62. The molecule has 132 valence electrons. The zero-order valence-electron chi connectivity index (χ0n) is 15.0. The second kappa shape index (κ2) is 7.83. The smallest absolute Gasteiger partial charge is 0.408 e. The summed E-state index contributed by atoms with van der Waals surface area (Å²) in [4.78, 5) is 24.1. The van der Waals surface area contributed by atoms with Gasteiger partial charge in [-0.05, 0) is 57.5 Å². The van der Waals surface area contributed by atoms with Gasteiger partial charge in [0.1, 0.15) is 5.60 Å². The SMILES string of the molecule is C[C@H](NC(=O)OC(C)(C)C)c1ccc(C(=O)Nc2ccccc2)cc1. The molecule has 0 heterocycles. The molecule has 0 spiro atoms. The molecule has 0 saturated carbocycles. The first-order valence-corrected chi connectivity index (χ1v) is 8.20. The van der Waals surface area contributed by atoms with Crippen LogP contribution in [0.5, 0.6) is 0 Å². The van der Waals surface area contributed by atoms with Crippen LogP contribution in [-0.2, 0) is 4.74 Å². The minimum Gasteiger partial charge on any atom is -0.444 e. The average Bonchev–Trinajstić information content (AvgIpc) is 2.54. The van der Waals surface area contributed by atoms with E-state index in [1.807, 2.05) is 70.2 Å². The van der Waals surface area contributed by atoms with E-state index in [4.69, 9.17) is 4.74 Å². The second-order valence-electron chi connectivity index (χ2n) is 6.81. The maximum Gasteiger partial charge on any atom is 0.408 e. The van der Waals surface area contributed by atoms with Crippen molar-refractivity contribution in [1.82, 2.24) is 5.32 Å². The van der Waals surface area contributed by atoms with Crippen molar-refractivity contribution in [2.24, 2.45) is 0 Å². The summed E-state index contributed by atoms with van der Waals surface area (Å²) in [6.45, 7) is 7.31. The van der Waals surface area contributed by atoms with Crippen molar-refractivity contribution in [3.63, 3.8) is 0 Å². The fraction of sp³-hybridized carbons (Fsp3) is 0.300. The summed E-state index contributed by atoms with van der Waals surface area (Å²) in [6, 6.07) is 16.2. The molecule has 2 N–H and O–H groups in total. The third-order valence-electron chi connectivity index (χ3n) is 3.44. The van der Waals surface area contributed by atoms with E-state index in [9.17, 15) is 9.59 Å². The highest BCUT2D eigenvalue weighted by Crippen LogP contribution is 2.16. The van der Waals surface area contributed by atoms with Gasteiger partial charge in [-0.25, -0.2) is 4.79 Å². The number of para-hydroxylation sites is 1. The number of anilines is 1. The van der Waals surface area contributed by atoms with Crippen LogP contribution in [-0.4, -0.2) is 17.6 Å². The number of amides is 2. The zero-order valence-corrected chi connectivity index (χ0v) is 15.0. The van der Waals surface area contributed by atoms with Gasteiger partial charge in [0.05, 0.1) is 6.04 Å². The van der Waals surface area contributed by atoms with E-state index in [-0.39, 0.29) is 11.9 Å². The van der Waals surface area contributed by atoms with E-state index in [0.29, 0.717) is 5.56 Å². The predicted molar refractivity (Wildman–Crippen MR) is 98.6 cm³/mol. The molecular weight excluding hydrogens is 316 g/mol. The Morgan fingerprint density at radius 3 is 2.12 bits per heavy atom. The lowest BCUT2D eigenvalue weighted by Crippen LogP contribution is -2.34. The largest absolute Gasteiger partial charge is 0.444 e. The van der Waals surface area contributed by atoms with Gasteiger partial charge < -0.3 is 15.4 Å². The van der Waals surface area contributed by atoms with Crippen molar-refractivity contribution in [2.45, 2.75) is 39.3 Å². The van der Waals surface area contributed by atoms with Gasteiger partial charge in [-0.15, -0.1) is 0 Å². The summed E-state index contributed by atoms with van der Waals surface area (Å²) >= 11 is 0. The van der Waals surface area contributed by atoms with Crippen LogP contribution < -0.4 is 10.6 Å². The maximum atomic E-state index is 12.2. The number of hydrogen-bond donors (Lipinski definition) is 2. The van der Waals surface area contributed by atoms with Crippen LogP contribution >= 0.6 is 0 Å². The van der Waals surface area contributed by atoms with Crippen molar-refractivity contribution < 1.29 is 14.3 Å². The molecule has 5 heteroatoms. The quantitative estimate of drug-likeness (QED) is 0.859. The molecule has 0 fully saturated rings. The van der Waals surface area contributed by atoms with E-state index in [1.165, 1.54) is 0 Å². The highest BCUT2D eigenvalue weighted by Gasteiger charge is 2.18. The molecule has 5 nitrogen and oxygen atoms in total.